The first kappa shape index (κ1) is 15.5. The van der Waals surface area contributed by atoms with Crippen molar-refractivity contribution in [3.05, 3.63) is 58.4 Å². The molecule has 0 saturated carbocycles. The average molecular weight is 327 g/mol. The number of ether oxygens (including phenoxy) is 1. The summed E-state index contributed by atoms with van der Waals surface area (Å²) in [7, 11) is 1.37. The van der Waals surface area contributed by atoms with Crippen molar-refractivity contribution in [2.45, 2.75) is 6.61 Å². The monoisotopic (exact) mass is 327 g/mol. The van der Waals surface area contributed by atoms with E-state index in [4.69, 9.17) is 4.65 Å². The van der Waals surface area contributed by atoms with E-state index in [2.05, 4.69) is 4.74 Å². The van der Waals surface area contributed by atoms with Gasteiger partial charge in [0.1, 0.15) is 0 Å². The predicted octanol–water partition coefficient (Wildman–Crippen LogP) is 2.38. The molecule has 0 unspecified atom stereocenters. The number of benzene rings is 2. The summed E-state index contributed by atoms with van der Waals surface area (Å²) in [6.07, 6.45) is 0. The lowest BCUT2D eigenvalue weighted by atomic mass is 9.86. The number of hydrogen-bond donors (Lipinski definition) is 0. The molecular weight excluding hydrogens is 322 g/mol. The van der Waals surface area contributed by atoms with Gasteiger partial charge >= 0.3 is 13.5 Å². The van der Waals surface area contributed by atoms with Crippen LogP contribution in [0.5, 0.6) is 5.75 Å². The molecule has 0 atom stereocenters. The second-order valence-corrected chi connectivity index (χ2v) is 4.63. The van der Waals surface area contributed by atoms with E-state index in [1.807, 2.05) is 0 Å². The topological polar surface area (TPSA) is 35.5 Å². The normalized spacial score (nSPS) is 12.7. The molecule has 1 radical (unpaired) electrons. The maximum absolute atomic E-state index is 13.5. The van der Waals surface area contributed by atoms with Crippen LogP contribution in [-0.2, 0) is 11.3 Å². The highest BCUT2D eigenvalue weighted by Crippen LogP contribution is 2.29. The van der Waals surface area contributed by atoms with Gasteiger partial charge in [0.05, 0.1) is 12.2 Å². The molecule has 0 spiro atoms. The second kappa shape index (κ2) is 5.66. The van der Waals surface area contributed by atoms with E-state index >= 15 is 0 Å². The van der Waals surface area contributed by atoms with E-state index in [0.717, 1.165) is 5.56 Å². The van der Waals surface area contributed by atoms with Gasteiger partial charge in [-0.25, -0.2) is 18.0 Å². The lowest BCUT2D eigenvalue weighted by Crippen LogP contribution is -2.18. The molecule has 117 valence electrons. The van der Waals surface area contributed by atoms with E-state index < -0.39 is 40.8 Å². The number of hydrogen-bond acceptors (Lipinski definition) is 3. The maximum atomic E-state index is 13.5. The van der Waals surface area contributed by atoms with Gasteiger partial charge in [0.2, 0.25) is 34.8 Å². The summed E-state index contributed by atoms with van der Waals surface area (Å²) >= 11 is 0. The minimum atomic E-state index is -2.33. The van der Waals surface area contributed by atoms with Crippen LogP contribution in [0.15, 0.2) is 18.2 Å². The van der Waals surface area contributed by atoms with Crippen LogP contribution in [0.25, 0.3) is 0 Å². The largest absolute Gasteiger partial charge is 0.430 e. The maximum Gasteiger partial charge on any atom is 0.343 e. The van der Waals surface area contributed by atoms with Crippen LogP contribution in [0.4, 0.5) is 22.0 Å². The Labute approximate surface area is 126 Å². The molecule has 0 N–H and O–H groups in total. The zero-order valence-corrected chi connectivity index (χ0v) is 11.1. The summed E-state index contributed by atoms with van der Waals surface area (Å²) in [6.45, 7) is 0.308. The molecule has 3 rings (SSSR count). The van der Waals surface area contributed by atoms with Crippen molar-refractivity contribution in [1.29, 1.82) is 0 Å². The predicted molar refractivity (Wildman–Crippen MR) is 67.8 cm³/mol. The van der Waals surface area contributed by atoms with Crippen LogP contribution < -0.4 is 10.2 Å². The van der Waals surface area contributed by atoms with Crippen molar-refractivity contribution in [2.75, 3.05) is 0 Å². The van der Waals surface area contributed by atoms with Crippen molar-refractivity contribution in [2.24, 2.45) is 0 Å². The molecule has 0 fully saturated rings. The zero-order chi connectivity index (χ0) is 16.7. The number of carbonyl (C=O) groups excluding carboxylic acids is 1. The van der Waals surface area contributed by atoms with E-state index in [1.165, 1.54) is 25.7 Å². The number of fused-ring (bicyclic) bond motifs is 1. The van der Waals surface area contributed by atoms with Crippen LogP contribution in [0.3, 0.4) is 0 Å². The third-order valence-electron chi connectivity index (χ3n) is 3.19. The molecule has 1 aliphatic heterocycles. The van der Waals surface area contributed by atoms with Crippen LogP contribution in [0.1, 0.15) is 15.9 Å². The van der Waals surface area contributed by atoms with Crippen molar-refractivity contribution >= 4 is 18.9 Å². The number of esters is 1. The fourth-order valence-corrected chi connectivity index (χ4v) is 2.01. The minimum absolute atomic E-state index is 0.130. The molecular formula is C14H5BF5O3. The molecule has 1 aliphatic rings. The summed E-state index contributed by atoms with van der Waals surface area (Å²) < 4.78 is 75.4. The molecule has 9 heteroatoms. The van der Waals surface area contributed by atoms with E-state index in [9.17, 15) is 26.7 Å². The first-order valence-electron chi connectivity index (χ1n) is 6.21. The Bertz CT molecular complexity index is 796. The molecule has 0 aromatic heterocycles. The van der Waals surface area contributed by atoms with Gasteiger partial charge in [0, 0.05) is 0 Å². The van der Waals surface area contributed by atoms with Crippen molar-refractivity contribution in [3.63, 3.8) is 0 Å². The van der Waals surface area contributed by atoms with Crippen LogP contribution in [0, 0.1) is 29.1 Å². The number of carbonyl (C=O) groups is 1. The van der Waals surface area contributed by atoms with E-state index in [0.29, 0.717) is 12.1 Å². The first-order chi connectivity index (χ1) is 10.9. The SMILES string of the molecule is O=C(Oc1c(F)c(F)c(F)c(F)c1F)c1ccc2c(c1)[B]OC2. The summed E-state index contributed by atoms with van der Waals surface area (Å²) in [5.74, 6) is -14.1. The third kappa shape index (κ3) is 2.57. The fourth-order valence-electron chi connectivity index (χ4n) is 2.01. The number of halogens is 5. The molecule has 0 saturated heterocycles. The summed E-state index contributed by atoms with van der Waals surface area (Å²) in [6, 6.07) is 4.13. The summed E-state index contributed by atoms with van der Waals surface area (Å²) in [4.78, 5) is 11.9. The van der Waals surface area contributed by atoms with E-state index in [-0.39, 0.29) is 5.56 Å². The van der Waals surface area contributed by atoms with Crippen molar-refractivity contribution in [3.8, 4) is 5.75 Å². The van der Waals surface area contributed by atoms with Gasteiger partial charge in [-0.05, 0) is 17.1 Å². The summed E-state index contributed by atoms with van der Waals surface area (Å²) in [5.41, 5.74) is 1.20. The van der Waals surface area contributed by atoms with Gasteiger partial charge in [-0.2, -0.15) is 8.78 Å². The zero-order valence-electron chi connectivity index (χ0n) is 11.1. The van der Waals surface area contributed by atoms with Crippen LogP contribution in [-0.4, -0.2) is 13.5 Å². The minimum Gasteiger partial charge on any atom is -0.430 e. The molecule has 0 aliphatic carbocycles. The van der Waals surface area contributed by atoms with Gasteiger partial charge in [-0.1, -0.05) is 12.1 Å². The Hall–Kier alpha value is -2.42. The first-order valence-corrected chi connectivity index (χ1v) is 6.21. The molecule has 2 aromatic carbocycles. The smallest absolute Gasteiger partial charge is 0.343 e. The Morgan fingerprint density at radius 2 is 1.61 bits per heavy atom. The highest BCUT2D eigenvalue weighted by atomic mass is 19.2. The average Bonchev–Trinajstić information content (AvgIpc) is 3.02. The lowest BCUT2D eigenvalue weighted by Gasteiger charge is -2.09. The molecule has 0 bridgehead atoms. The van der Waals surface area contributed by atoms with Gasteiger partial charge in [-0.3, -0.25) is 0 Å². The lowest BCUT2D eigenvalue weighted by molar-refractivity contribution is 0.0716. The Morgan fingerprint density at radius 3 is 2.26 bits per heavy atom. The summed E-state index contributed by atoms with van der Waals surface area (Å²) in [5, 5.41) is 0. The molecule has 2 aromatic rings. The Balaban J connectivity index is 1.95. The standard InChI is InChI=1S/C14H5BF5O3/c16-8-9(17)11(19)13(12(20)10(8)18)23-14(21)5-1-2-6-4-22-15-7(6)3-5/h1-3H,4H2. The Morgan fingerprint density at radius 1 is 1.00 bits per heavy atom. The molecule has 0 amide bonds. The highest BCUT2D eigenvalue weighted by molar-refractivity contribution is 6.49. The fraction of sp³-hybridized carbons (Fsp3) is 0.0714. The van der Waals surface area contributed by atoms with E-state index in [1.54, 1.807) is 0 Å². The van der Waals surface area contributed by atoms with Crippen molar-refractivity contribution < 1.29 is 36.1 Å². The van der Waals surface area contributed by atoms with Crippen LogP contribution >= 0.6 is 0 Å². The Kier molecular flexibility index (Phi) is 3.81. The van der Waals surface area contributed by atoms with Gasteiger partial charge in [-0.15, -0.1) is 0 Å². The van der Waals surface area contributed by atoms with Gasteiger partial charge < -0.3 is 9.39 Å². The van der Waals surface area contributed by atoms with Crippen molar-refractivity contribution in [1.82, 2.24) is 0 Å². The molecule has 23 heavy (non-hydrogen) atoms. The van der Waals surface area contributed by atoms with Gasteiger partial charge in [0.25, 0.3) is 0 Å². The van der Waals surface area contributed by atoms with Crippen LogP contribution in [0.2, 0.25) is 0 Å². The number of rotatable bonds is 2. The molecule has 1 heterocycles. The quantitative estimate of drug-likeness (QED) is 0.212. The third-order valence-corrected chi connectivity index (χ3v) is 3.19. The second-order valence-electron chi connectivity index (χ2n) is 4.63. The highest BCUT2D eigenvalue weighted by Gasteiger charge is 2.29. The van der Waals surface area contributed by atoms with Gasteiger partial charge in [0.15, 0.2) is 0 Å². The molecule has 3 nitrogen and oxygen atoms in total.